The lowest BCUT2D eigenvalue weighted by Crippen LogP contribution is -2.37. The van der Waals surface area contributed by atoms with E-state index in [1.54, 1.807) is 0 Å². The van der Waals surface area contributed by atoms with E-state index in [0.717, 1.165) is 22.4 Å². The number of aryl methyl sites for hydroxylation is 1. The Bertz CT molecular complexity index is 612. The highest BCUT2D eigenvalue weighted by molar-refractivity contribution is 5.73. The molecule has 0 heterocycles. The second-order valence-corrected chi connectivity index (χ2v) is 4.99. The van der Waals surface area contributed by atoms with E-state index in [1.807, 2.05) is 55.5 Å². The van der Waals surface area contributed by atoms with E-state index in [2.05, 4.69) is 10.6 Å². The molecule has 0 saturated carbocycles. The topological polar surface area (TPSA) is 76.4 Å². The fraction of sp³-hybridized carbons (Fsp3) is 0.235. The molecule has 0 unspecified atom stereocenters. The zero-order chi connectivity index (χ0) is 15.8. The van der Waals surface area contributed by atoms with Crippen LogP contribution in [0.1, 0.15) is 16.7 Å². The summed E-state index contributed by atoms with van der Waals surface area (Å²) in [7, 11) is 0. The minimum absolute atomic E-state index is 0.123. The van der Waals surface area contributed by atoms with Gasteiger partial charge < -0.3 is 21.1 Å². The number of rotatable bonds is 6. The molecule has 0 aliphatic rings. The lowest BCUT2D eigenvalue weighted by molar-refractivity contribution is 0.223. The second-order valence-electron chi connectivity index (χ2n) is 4.99. The first-order valence-electron chi connectivity index (χ1n) is 7.16. The Morgan fingerprint density at radius 2 is 1.82 bits per heavy atom. The number of carbonyl (C=O) groups is 1. The highest BCUT2D eigenvalue weighted by Crippen LogP contribution is 2.10. The standard InChI is InChI=1S/C17H21N3O2/c1-13-5-7-16(8-6-13)22-12-20-17(21)19-11-15-4-2-3-14(9-15)10-18/h2-9H,10-12,18H2,1H3,(H2,19,20,21). The summed E-state index contributed by atoms with van der Waals surface area (Å²) < 4.78 is 5.43. The molecule has 2 aromatic carbocycles. The Labute approximate surface area is 130 Å². The maximum Gasteiger partial charge on any atom is 0.317 e. The van der Waals surface area contributed by atoms with Crippen LogP contribution in [0.5, 0.6) is 5.75 Å². The van der Waals surface area contributed by atoms with E-state index in [-0.39, 0.29) is 12.8 Å². The lowest BCUT2D eigenvalue weighted by atomic mass is 10.1. The largest absolute Gasteiger partial charge is 0.473 e. The van der Waals surface area contributed by atoms with Crippen molar-refractivity contribution in [3.05, 3.63) is 65.2 Å². The van der Waals surface area contributed by atoms with E-state index in [0.29, 0.717) is 13.1 Å². The molecule has 0 aliphatic carbocycles. The van der Waals surface area contributed by atoms with Crippen LogP contribution in [0.2, 0.25) is 0 Å². The average Bonchev–Trinajstić information content (AvgIpc) is 2.55. The van der Waals surface area contributed by atoms with Crippen LogP contribution in [0.15, 0.2) is 48.5 Å². The van der Waals surface area contributed by atoms with Crippen molar-refractivity contribution in [3.8, 4) is 5.75 Å². The number of hydrogen-bond acceptors (Lipinski definition) is 3. The van der Waals surface area contributed by atoms with Gasteiger partial charge in [0.05, 0.1) is 0 Å². The van der Waals surface area contributed by atoms with Gasteiger partial charge in [0.1, 0.15) is 5.75 Å². The number of ether oxygens (including phenoxy) is 1. The first kappa shape index (κ1) is 15.9. The maximum absolute atomic E-state index is 11.7. The molecule has 0 aliphatic heterocycles. The molecule has 0 spiro atoms. The number of hydrogen-bond donors (Lipinski definition) is 3. The zero-order valence-corrected chi connectivity index (χ0v) is 12.6. The third-order valence-corrected chi connectivity index (χ3v) is 3.17. The Morgan fingerprint density at radius 3 is 2.55 bits per heavy atom. The van der Waals surface area contributed by atoms with Gasteiger partial charge in [-0.2, -0.15) is 0 Å². The summed E-state index contributed by atoms with van der Waals surface area (Å²) in [5, 5.41) is 5.42. The van der Waals surface area contributed by atoms with Crippen molar-refractivity contribution >= 4 is 6.03 Å². The molecule has 22 heavy (non-hydrogen) atoms. The molecule has 0 saturated heterocycles. The van der Waals surface area contributed by atoms with Gasteiger partial charge in [-0.05, 0) is 30.2 Å². The zero-order valence-electron chi connectivity index (χ0n) is 12.6. The summed E-state index contributed by atoms with van der Waals surface area (Å²) in [6, 6.07) is 15.2. The molecular formula is C17H21N3O2. The Kier molecular flexibility index (Phi) is 5.80. The summed E-state index contributed by atoms with van der Waals surface area (Å²) in [6.45, 7) is 3.07. The molecule has 0 bridgehead atoms. The number of benzene rings is 2. The van der Waals surface area contributed by atoms with Crippen molar-refractivity contribution in [2.45, 2.75) is 20.0 Å². The molecule has 5 heteroatoms. The normalized spacial score (nSPS) is 10.1. The Hall–Kier alpha value is -2.53. The molecule has 2 amide bonds. The average molecular weight is 299 g/mol. The molecule has 2 aromatic rings. The first-order chi connectivity index (χ1) is 10.7. The molecule has 5 nitrogen and oxygen atoms in total. The third-order valence-electron chi connectivity index (χ3n) is 3.17. The minimum Gasteiger partial charge on any atom is -0.473 e. The summed E-state index contributed by atoms with van der Waals surface area (Å²) in [5.74, 6) is 0.724. The Morgan fingerprint density at radius 1 is 1.09 bits per heavy atom. The summed E-state index contributed by atoms with van der Waals surface area (Å²) in [4.78, 5) is 11.7. The smallest absolute Gasteiger partial charge is 0.317 e. The highest BCUT2D eigenvalue weighted by Gasteiger charge is 2.01. The van der Waals surface area contributed by atoms with Crippen LogP contribution in [-0.4, -0.2) is 12.8 Å². The fourth-order valence-electron chi connectivity index (χ4n) is 1.93. The van der Waals surface area contributed by atoms with Crippen LogP contribution in [0.3, 0.4) is 0 Å². The van der Waals surface area contributed by atoms with Gasteiger partial charge in [-0.15, -0.1) is 0 Å². The van der Waals surface area contributed by atoms with Crippen LogP contribution in [0.4, 0.5) is 4.79 Å². The molecule has 0 aromatic heterocycles. The number of nitrogens with one attached hydrogen (secondary N) is 2. The van der Waals surface area contributed by atoms with Gasteiger partial charge in [0, 0.05) is 13.1 Å². The van der Waals surface area contributed by atoms with Crippen molar-refractivity contribution in [1.29, 1.82) is 0 Å². The summed E-state index contributed by atoms with van der Waals surface area (Å²) in [6.07, 6.45) is 0. The van der Waals surface area contributed by atoms with E-state index in [4.69, 9.17) is 10.5 Å². The maximum atomic E-state index is 11.7. The third kappa shape index (κ3) is 5.10. The number of nitrogens with two attached hydrogens (primary N) is 1. The summed E-state index contributed by atoms with van der Waals surface area (Å²) in [5.41, 5.74) is 8.81. The molecule has 0 radical (unpaired) electrons. The van der Waals surface area contributed by atoms with Gasteiger partial charge in [0.2, 0.25) is 0 Å². The predicted octanol–water partition coefficient (Wildman–Crippen LogP) is 2.29. The quantitative estimate of drug-likeness (QED) is 0.716. The first-order valence-corrected chi connectivity index (χ1v) is 7.16. The van der Waals surface area contributed by atoms with Crippen LogP contribution < -0.4 is 21.1 Å². The lowest BCUT2D eigenvalue weighted by Gasteiger charge is -2.10. The van der Waals surface area contributed by atoms with Crippen LogP contribution >= 0.6 is 0 Å². The van der Waals surface area contributed by atoms with Gasteiger partial charge in [0.25, 0.3) is 0 Å². The molecule has 4 N–H and O–H groups in total. The second kappa shape index (κ2) is 8.05. The van der Waals surface area contributed by atoms with Gasteiger partial charge >= 0.3 is 6.03 Å². The summed E-state index contributed by atoms with van der Waals surface area (Å²) >= 11 is 0. The number of carbonyl (C=O) groups excluding carboxylic acids is 1. The predicted molar refractivity (Wildman–Crippen MR) is 86.4 cm³/mol. The van der Waals surface area contributed by atoms with Crippen LogP contribution in [0, 0.1) is 6.92 Å². The van der Waals surface area contributed by atoms with E-state index in [1.165, 1.54) is 0 Å². The van der Waals surface area contributed by atoms with E-state index >= 15 is 0 Å². The molecule has 116 valence electrons. The fourth-order valence-corrected chi connectivity index (χ4v) is 1.93. The number of urea groups is 1. The monoisotopic (exact) mass is 299 g/mol. The molecule has 0 fully saturated rings. The van der Waals surface area contributed by atoms with Gasteiger partial charge in [-0.1, -0.05) is 42.0 Å². The SMILES string of the molecule is Cc1ccc(OCNC(=O)NCc2cccc(CN)c2)cc1. The number of amides is 2. The van der Waals surface area contributed by atoms with Crippen molar-refractivity contribution in [1.82, 2.24) is 10.6 Å². The minimum atomic E-state index is -0.273. The Balaban J connectivity index is 1.70. The molecule has 2 rings (SSSR count). The molecular weight excluding hydrogens is 278 g/mol. The van der Waals surface area contributed by atoms with Gasteiger partial charge in [-0.25, -0.2) is 4.79 Å². The van der Waals surface area contributed by atoms with Crippen molar-refractivity contribution < 1.29 is 9.53 Å². The van der Waals surface area contributed by atoms with Gasteiger partial charge in [0.15, 0.2) is 6.73 Å². The van der Waals surface area contributed by atoms with Crippen LogP contribution in [0.25, 0.3) is 0 Å². The van der Waals surface area contributed by atoms with E-state index in [9.17, 15) is 4.79 Å². The van der Waals surface area contributed by atoms with Crippen molar-refractivity contribution in [2.24, 2.45) is 5.73 Å². The highest BCUT2D eigenvalue weighted by atomic mass is 16.5. The van der Waals surface area contributed by atoms with Crippen molar-refractivity contribution in [3.63, 3.8) is 0 Å². The van der Waals surface area contributed by atoms with E-state index < -0.39 is 0 Å². The molecule has 0 atom stereocenters. The van der Waals surface area contributed by atoms with Crippen molar-refractivity contribution in [2.75, 3.05) is 6.73 Å². The van der Waals surface area contributed by atoms with Gasteiger partial charge in [-0.3, -0.25) is 0 Å². The van der Waals surface area contributed by atoms with Crippen LogP contribution in [-0.2, 0) is 13.1 Å².